The first-order chi connectivity index (χ1) is 10.9. The number of aliphatic hydroxyl groups is 1. The molecular formula is C14H12F6N2O2. The van der Waals surface area contributed by atoms with Crippen molar-refractivity contribution in [3.8, 4) is 5.69 Å². The molecule has 1 aromatic carbocycles. The zero-order chi connectivity index (χ0) is 18.3. The number of para-hydroxylation sites is 1. The number of aromatic nitrogens is 2. The lowest BCUT2D eigenvalue weighted by Gasteiger charge is -2.32. The van der Waals surface area contributed by atoms with Gasteiger partial charge in [0.1, 0.15) is 0 Å². The van der Waals surface area contributed by atoms with Crippen molar-refractivity contribution in [3.63, 3.8) is 0 Å². The van der Waals surface area contributed by atoms with E-state index in [0.29, 0.717) is 6.07 Å². The predicted molar refractivity (Wildman–Crippen MR) is 71.8 cm³/mol. The van der Waals surface area contributed by atoms with Crippen molar-refractivity contribution >= 4 is 0 Å². The fourth-order valence-electron chi connectivity index (χ4n) is 2.23. The van der Waals surface area contributed by atoms with E-state index in [1.54, 1.807) is 18.2 Å². The summed E-state index contributed by atoms with van der Waals surface area (Å²) in [6.45, 7) is 0. The van der Waals surface area contributed by atoms with Crippen molar-refractivity contribution in [2.24, 2.45) is 7.05 Å². The number of alkyl halides is 6. The Bertz CT molecular complexity index is 759. The third-order valence-electron chi connectivity index (χ3n) is 3.59. The van der Waals surface area contributed by atoms with Gasteiger partial charge in [-0.05, 0) is 12.1 Å². The van der Waals surface area contributed by atoms with E-state index >= 15 is 0 Å². The molecule has 2 aromatic rings. The smallest absolute Gasteiger partial charge is 0.373 e. The molecule has 4 nitrogen and oxygen atoms in total. The minimum atomic E-state index is -5.95. The molecule has 1 aromatic heterocycles. The lowest BCUT2D eigenvalue weighted by atomic mass is 9.96. The standard InChI is InChI=1S/C14H12F6N2O2/c1-21-10(8-12(24,13(15,16)17)14(18,19)20)7-11(23)22(21)9-5-3-2-4-6-9/h2-7,24H,8H2,1H3. The molecule has 0 unspecified atom stereocenters. The van der Waals surface area contributed by atoms with Gasteiger partial charge >= 0.3 is 12.4 Å². The van der Waals surface area contributed by atoms with Crippen molar-refractivity contribution in [1.29, 1.82) is 0 Å². The summed E-state index contributed by atoms with van der Waals surface area (Å²) >= 11 is 0. The highest BCUT2D eigenvalue weighted by atomic mass is 19.4. The summed E-state index contributed by atoms with van der Waals surface area (Å²) in [5, 5.41) is 9.26. The highest BCUT2D eigenvalue weighted by Gasteiger charge is 2.70. The zero-order valence-corrected chi connectivity index (χ0v) is 12.2. The van der Waals surface area contributed by atoms with Gasteiger partial charge in [0, 0.05) is 25.2 Å². The van der Waals surface area contributed by atoms with Gasteiger partial charge in [0.15, 0.2) is 0 Å². The van der Waals surface area contributed by atoms with Crippen LogP contribution in [0.3, 0.4) is 0 Å². The third-order valence-corrected chi connectivity index (χ3v) is 3.59. The van der Waals surface area contributed by atoms with Crippen LogP contribution in [-0.2, 0) is 13.5 Å². The first-order valence-corrected chi connectivity index (χ1v) is 6.57. The van der Waals surface area contributed by atoms with Crippen LogP contribution in [0.25, 0.3) is 5.69 Å². The second-order valence-electron chi connectivity index (χ2n) is 5.18. The van der Waals surface area contributed by atoms with E-state index in [2.05, 4.69) is 0 Å². The molecule has 0 spiro atoms. The predicted octanol–water partition coefficient (Wildman–Crippen LogP) is 2.57. The first-order valence-electron chi connectivity index (χ1n) is 6.57. The number of hydrogen-bond donors (Lipinski definition) is 1. The molecule has 0 bridgehead atoms. The third kappa shape index (κ3) is 2.93. The van der Waals surface area contributed by atoms with Crippen LogP contribution < -0.4 is 5.56 Å². The van der Waals surface area contributed by atoms with E-state index in [4.69, 9.17) is 0 Å². The molecule has 1 N–H and O–H groups in total. The average Bonchev–Trinajstić information content (AvgIpc) is 2.72. The number of rotatable bonds is 3. The number of benzene rings is 1. The molecule has 0 amide bonds. The van der Waals surface area contributed by atoms with Crippen LogP contribution in [0.1, 0.15) is 5.69 Å². The normalized spacial score (nSPS) is 13.3. The van der Waals surface area contributed by atoms with Crippen LogP contribution in [0.15, 0.2) is 41.2 Å². The van der Waals surface area contributed by atoms with Gasteiger partial charge in [-0.2, -0.15) is 26.3 Å². The summed E-state index contributed by atoms with van der Waals surface area (Å²) in [6.07, 6.45) is -13.7. The average molecular weight is 354 g/mol. The number of hydrogen-bond acceptors (Lipinski definition) is 2. The molecule has 10 heteroatoms. The summed E-state index contributed by atoms with van der Waals surface area (Å²) < 4.78 is 78.5. The Hall–Kier alpha value is -2.23. The van der Waals surface area contributed by atoms with E-state index in [-0.39, 0.29) is 5.69 Å². The van der Waals surface area contributed by atoms with E-state index in [9.17, 15) is 36.2 Å². The van der Waals surface area contributed by atoms with Gasteiger partial charge < -0.3 is 5.11 Å². The van der Waals surface area contributed by atoms with Gasteiger partial charge in [-0.25, -0.2) is 4.68 Å². The van der Waals surface area contributed by atoms with E-state index in [1.165, 1.54) is 12.1 Å². The Balaban J connectivity index is 2.54. The molecule has 0 aliphatic rings. The monoisotopic (exact) mass is 354 g/mol. The van der Waals surface area contributed by atoms with Crippen LogP contribution in [0, 0.1) is 0 Å². The molecule has 0 radical (unpaired) electrons. The fourth-order valence-corrected chi connectivity index (χ4v) is 2.23. The van der Waals surface area contributed by atoms with Crippen molar-refractivity contribution < 1.29 is 31.4 Å². The van der Waals surface area contributed by atoms with Gasteiger partial charge in [-0.15, -0.1) is 0 Å². The molecular weight excluding hydrogens is 342 g/mol. The summed E-state index contributed by atoms with van der Waals surface area (Å²) in [6, 6.07) is 8.29. The summed E-state index contributed by atoms with van der Waals surface area (Å²) in [5.41, 5.74) is -6.11. The fraction of sp³-hybridized carbons (Fsp3) is 0.357. The SMILES string of the molecule is Cn1c(CC(O)(C(F)(F)F)C(F)(F)F)cc(=O)n1-c1ccccc1. The number of halogens is 6. The molecule has 2 rings (SSSR count). The van der Waals surface area contributed by atoms with Crippen molar-refractivity contribution in [2.75, 3.05) is 0 Å². The molecule has 24 heavy (non-hydrogen) atoms. The van der Waals surface area contributed by atoms with Crippen LogP contribution >= 0.6 is 0 Å². The maximum atomic E-state index is 12.8. The maximum absolute atomic E-state index is 12.8. The topological polar surface area (TPSA) is 47.2 Å². The van der Waals surface area contributed by atoms with Crippen LogP contribution in [-0.4, -0.2) is 32.4 Å². The summed E-state index contributed by atoms with van der Waals surface area (Å²) in [5.74, 6) is 0. The quantitative estimate of drug-likeness (QED) is 0.862. The van der Waals surface area contributed by atoms with Crippen molar-refractivity contribution in [3.05, 3.63) is 52.4 Å². The van der Waals surface area contributed by atoms with Gasteiger partial charge in [0.2, 0.25) is 0 Å². The van der Waals surface area contributed by atoms with Gasteiger partial charge in [0.05, 0.1) is 5.69 Å². The number of nitrogens with zero attached hydrogens (tertiary/aromatic N) is 2. The second kappa shape index (κ2) is 5.69. The van der Waals surface area contributed by atoms with Crippen molar-refractivity contribution in [1.82, 2.24) is 9.36 Å². The summed E-state index contributed by atoms with van der Waals surface area (Å²) in [4.78, 5) is 11.9. The Morgan fingerprint density at radius 2 is 1.50 bits per heavy atom. The van der Waals surface area contributed by atoms with Crippen LogP contribution in [0.5, 0.6) is 0 Å². The van der Waals surface area contributed by atoms with Crippen molar-refractivity contribution in [2.45, 2.75) is 24.4 Å². The Kier molecular flexibility index (Phi) is 4.29. The van der Waals surface area contributed by atoms with Gasteiger partial charge in [-0.1, -0.05) is 18.2 Å². The van der Waals surface area contributed by atoms with Gasteiger partial charge in [0.25, 0.3) is 11.2 Å². The summed E-state index contributed by atoms with van der Waals surface area (Å²) in [7, 11) is 1.14. The Morgan fingerprint density at radius 1 is 1.00 bits per heavy atom. The lowest BCUT2D eigenvalue weighted by molar-refractivity contribution is -0.367. The minimum Gasteiger partial charge on any atom is -0.373 e. The molecule has 0 saturated heterocycles. The molecule has 0 saturated carbocycles. The Labute approximate surface area is 131 Å². The maximum Gasteiger partial charge on any atom is 0.426 e. The molecule has 1 heterocycles. The molecule has 0 atom stereocenters. The van der Waals surface area contributed by atoms with E-state index in [1.807, 2.05) is 0 Å². The molecule has 0 fully saturated rings. The second-order valence-corrected chi connectivity index (χ2v) is 5.18. The van der Waals surface area contributed by atoms with E-state index in [0.717, 1.165) is 16.4 Å². The molecule has 0 aliphatic heterocycles. The van der Waals surface area contributed by atoms with Gasteiger partial charge in [-0.3, -0.25) is 9.48 Å². The van der Waals surface area contributed by atoms with E-state index < -0.39 is 35.6 Å². The Morgan fingerprint density at radius 3 is 1.96 bits per heavy atom. The zero-order valence-electron chi connectivity index (χ0n) is 12.2. The van der Waals surface area contributed by atoms with Crippen LogP contribution in [0.4, 0.5) is 26.3 Å². The molecule has 0 aliphatic carbocycles. The lowest BCUT2D eigenvalue weighted by Crippen LogP contribution is -2.58. The highest BCUT2D eigenvalue weighted by molar-refractivity contribution is 5.31. The highest BCUT2D eigenvalue weighted by Crippen LogP contribution is 2.44. The van der Waals surface area contributed by atoms with Crippen LogP contribution in [0.2, 0.25) is 0 Å². The molecule has 132 valence electrons. The largest absolute Gasteiger partial charge is 0.426 e. The minimum absolute atomic E-state index is 0.263. The first kappa shape index (κ1) is 18.1.